The molecule has 106 valence electrons. The van der Waals surface area contributed by atoms with E-state index in [0.29, 0.717) is 12.2 Å². The molecule has 0 aliphatic heterocycles. The van der Waals surface area contributed by atoms with Gasteiger partial charge in [0, 0.05) is 18.9 Å². The van der Waals surface area contributed by atoms with Gasteiger partial charge >= 0.3 is 0 Å². The number of hydrogen-bond donors (Lipinski definition) is 2. The minimum Gasteiger partial charge on any atom is -0.388 e. The van der Waals surface area contributed by atoms with Gasteiger partial charge in [-0.15, -0.1) is 0 Å². The van der Waals surface area contributed by atoms with Gasteiger partial charge in [0.1, 0.15) is 15.6 Å². The molecular formula is C11H13N5O2S2. The van der Waals surface area contributed by atoms with E-state index in [0.717, 1.165) is 0 Å². The first-order valence-corrected chi connectivity index (χ1v) is 7.63. The van der Waals surface area contributed by atoms with Crippen molar-refractivity contribution in [1.82, 2.24) is 14.8 Å². The number of hydrogen-bond acceptors (Lipinski definition) is 5. The maximum atomic E-state index is 12.3. The summed E-state index contributed by atoms with van der Waals surface area (Å²) in [6.07, 6.45) is 4.45. The fourth-order valence-corrected chi connectivity index (χ4v) is 3.02. The second-order valence-corrected chi connectivity index (χ2v) is 6.00. The van der Waals surface area contributed by atoms with Gasteiger partial charge in [-0.25, -0.2) is 8.42 Å². The molecule has 9 heteroatoms. The Bertz CT molecular complexity index is 739. The van der Waals surface area contributed by atoms with Crippen LogP contribution in [0.5, 0.6) is 0 Å². The van der Waals surface area contributed by atoms with E-state index in [1.807, 2.05) is 6.92 Å². The van der Waals surface area contributed by atoms with Crippen molar-refractivity contribution < 1.29 is 8.42 Å². The molecule has 0 aliphatic carbocycles. The van der Waals surface area contributed by atoms with Gasteiger partial charge in [0.25, 0.3) is 10.0 Å². The third-order valence-corrected chi connectivity index (χ3v) is 4.11. The lowest BCUT2D eigenvalue weighted by Gasteiger charge is -2.09. The Hall–Kier alpha value is -2.00. The van der Waals surface area contributed by atoms with Crippen LogP contribution in [0.1, 0.15) is 12.6 Å². The van der Waals surface area contributed by atoms with Gasteiger partial charge in [-0.05, 0) is 19.1 Å². The largest absolute Gasteiger partial charge is 0.388 e. The van der Waals surface area contributed by atoms with Crippen molar-refractivity contribution in [1.29, 1.82) is 0 Å². The molecular weight excluding hydrogens is 298 g/mol. The zero-order valence-corrected chi connectivity index (χ0v) is 12.3. The highest BCUT2D eigenvalue weighted by Crippen LogP contribution is 2.17. The molecule has 2 aromatic rings. The predicted molar refractivity (Wildman–Crippen MR) is 78.8 cm³/mol. The maximum absolute atomic E-state index is 12.3. The van der Waals surface area contributed by atoms with Gasteiger partial charge in [-0.1, -0.05) is 12.2 Å². The zero-order valence-electron chi connectivity index (χ0n) is 10.6. The highest BCUT2D eigenvalue weighted by Gasteiger charge is 2.21. The van der Waals surface area contributed by atoms with Crippen LogP contribution in [-0.4, -0.2) is 28.2 Å². The molecule has 0 bridgehead atoms. The molecule has 3 N–H and O–H groups in total. The summed E-state index contributed by atoms with van der Waals surface area (Å²) in [7, 11) is -3.82. The predicted octanol–water partition coefficient (Wildman–Crippen LogP) is 0.733. The number of rotatable bonds is 5. The lowest BCUT2D eigenvalue weighted by Crippen LogP contribution is -2.20. The van der Waals surface area contributed by atoms with Gasteiger partial charge < -0.3 is 5.73 Å². The Kier molecular flexibility index (Phi) is 4.00. The fourth-order valence-electron chi connectivity index (χ4n) is 1.59. The average molecular weight is 311 g/mol. The van der Waals surface area contributed by atoms with Crippen LogP contribution < -0.4 is 10.5 Å². The number of thiocarbonyl (C=S) groups is 1. The summed E-state index contributed by atoms with van der Waals surface area (Å²) in [6, 6.07) is 2.90. The van der Waals surface area contributed by atoms with Crippen molar-refractivity contribution in [3.8, 4) is 0 Å². The van der Waals surface area contributed by atoms with Crippen LogP contribution in [0.25, 0.3) is 0 Å². The molecule has 0 aliphatic rings. The van der Waals surface area contributed by atoms with Crippen molar-refractivity contribution in [3.63, 3.8) is 0 Å². The third kappa shape index (κ3) is 2.94. The Labute approximate surface area is 121 Å². The van der Waals surface area contributed by atoms with E-state index in [2.05, 4.69) is 14.8 Å². The molecule has 0 atom stereocenters. The number of aryl methyl sites for hydroxylation is 1. The second kappa shape index (κ2) is 5.55. The minimum absolute atomic E-state index is 0.0586. The van der Waals surface area contributed by atoms with Crippen LogP contribution >= 0.6 is 12.2 Å². The fraction of sp³-hybridized carbons (Fsp3) is 0.182. The van der Waals surface area contributed by atoms with E-state index < -0.39 is 10.0 Å². The van der Waals surface area contributed by atoms with Crippen molar-refractivity contribution in [2.24, 2.45) is 5.73 Å². The minimum atomic E-state index is -3.82. The van der Waals surface area contributed by atoms with Crippen LogP contribution in [0.4, 0.5) is 5.69 Å². The summed E-state index contributed by atoms with van der Waals surface area (Å²) in [4.78, 5) is 3.77. The molecule has 7 nitrogen and oxygen atoms in total. The Balaban J connectivity index is 2.38. The molecule has 0 unspecified atom stereocenters. The molecule has 20 heavy (non-hydrogen) atoms. The van der Waals surface area contributed by atoms with Crippen molar-refractivity contribution in [2.75, 3.05) is 4.72 Å². The van der Waals surface area contributed by atoms with Crippen LogP contribution in [0, 0.1) is 0 Å². The van der Waals surface area contributed by atoms with Gasteiger partial charge in [0.05, 0.1) is 11.9 Å². The van der Waals surface area contributed by atoms with Crippen LogP contribution in [0.15, 0.2) is 35.6 Å². The summed E-state index contributed by atoms with van der Waals surface area (Å²) in [6.45, 7) is 2.55. The maximum Gasteiger partial charge on any atom is 0.264 e. The van der Waals surface area contributed by atoms with Crippen LogP contribution in [0.2, 0.25) is 0 Å². The number of aromatic nitrogens is 3. The molecule has 0 saturated carbocycles. The molecule has 0 fully saturated rings. The molecule has 0 aromatic carbocycles. The molecule has 0 radical (unpaired) electrons. The van der Waals surface area contributed by atoms with Crippen molar-refractivity contribution >= 4 is 32.9 Å². The number of sulfonamides is 1. The number of nitrogens with one attached hydrogen (secondary N) is 1. The molecule has 2 aromatic heterocycles. The number of pyridine rings is 1. The quantitative estimate of drug-likeness (QED) is 0.789. The SMILES string of the molecule is CCn1cc(NS(=O)(=O)c2cccnc2C(N)=S)cn1. The Morgan fingerprint density at radius 3 is 2.90 bits per heavy atom. The van der Waals surface area contributed by atoms with E-state index in [9.17, 15) is 8.42 Å². The summed E-state index contributed by atoms with van der Waals surface area (Å²) in [5.41, 5.74) is 5.92. The highest BCUT2D eigenvalue weighted by molar-refractivity contribution is 7.93. The van der Waals surface area contributed by atoms with Gasteiger partial charge in [-0.2, -0.15) is 5.10 Å². The third-order valence-electron chi connectivity index (χ3n) is 2.50. The van der Waals surface area contributed by atoms with E-state index >= 15 is 0 Å². The molecule has 0 spiro atoms. The zero-order chi connectivity index (χ0) is 14.8. The summed E-state index contributed by atoms with van der Waals surface area (Å²) in [5, 5.41) is 3.99. The topological polar surface area (TPSA) is 103 Å². The monoisotopic (exact) mass is 311 g/mol. The lowest BCUT2D eigenvalue weighted by molar-refractivity contribution is 0.600. The number of anilines is 1. The first-order valence-electron chi connectivity index (χ1n) is 5.74. The Morgan fingerprint density at radius 1 is 1.55 bits per heavy atom. The van der Waals surface area contributed by atoms with Crippen molar-refractivity contribution in [2.45, 2.75) is 18.4 Å². The highest BCUT2D eigenvalue weighted by atomic mass is 32.2. The van der Waals surface area contributed by atoms with Crippen LogP contribution in [0.3, 0.4) is 0 Å². The van der Waals surface area contributed by atoms with E-state index in [-0.39, 0.29) is 15.6 Å². The van der Waals surface area contributed by atoms with E-state index in [1.54, 1.807) is 10.9 Å². The summed E-state index contributed by atoms with van der Waals surface area (Å²) >= 11 is 4.81. The molecule has 2 rings (SSSR count). The van der Waals surface area contributed by atoms with E-state index in [4.69, 9.17) is 18.0 Å². The lowest BCUT2D eigenvalue weighted by atomic mass is 10.3. The van der Waals surface area contributed by atoms with Gasteiger partial charge in [0.2, 0.25) is 0 Å². The second-order valence-electron chi connectivity index (χ2n) is 3.90. The smallest absolute Gasteiger partial charge is 0.264 e. The number of nitrogens with zero attached hydrogens (tertiary/aromatic N) is 3. The average Bonchev–Trinajstić information content (AvgIpc) is 2.85. The van der Waals surface area contributed by atoms with Gasteiger partial charge in [0.15, 0.2) is 0 Å². The first-order chi connectivity index (χ1) is 9.44. The summed E-state index contributed by atoms with van der Waals surface area (Å²) < 4.78 is 28.7. The summed E-state index contributed by atoms with van der Waals surface area (Å²) in [5.74, 6) is 0. The van der Waals surface area contributed by atoms with Crippen LogP contribution in [-0.2, 0) is 16.6 Å². The molecule has 0 amide bonds. The number of nitrogens with two attached hydrogens (primary N) is 1. The standard InChI is InChI=1S/C11H13N5O2S2/c1-2-16-7-8(6-14-16)15-20(17,18)9-4-3-5-13-10(9)11(12)19/h3-7,15H,2H2,1H3,(H2,12,19). The van der Waals surface area contributed by atoms with E-state index in [1.165, 1.54) is 24.5 Å². The normalized spacial score (nSPS) is 11.2. The first kappa shape index (κ1) is 14.4. The molecule has 0 saturated heterocycles. The molecule has 2 heterocycles. The van der Waals surface area contributed by atoms with Gasteiger partial charge in [-0.3, -0.25) is 14.4 Å². The van der Waals surface area contributed by atoms with Crippen molar-refractivity contribution in [3.05, 3.63) is 36.4 Å². The Morgan fingerprint density at radius 2 is 2.30 bits per heavy atom.